The molecule has 0 radical (unpaired) electrons. The first-order valence-corrected chi connectivity index (χ1v) is 11.3. The van der Waals surface area contributed by atoms with Gasteiger partial charge in [0.15, 0.2) is 11.6 Å². The van der Waals surface area contributed by atoms with Crippen molar-refractivity contribution in [2.75, 3.05) is 50.8 Å². The number of halogens is 2. The molecule has 1 saturated heterocycles. The van der Waals surface area contributed by atoms with Gasteiger partial charge in [-0.1, -0.05) is 6.07 Å². The molecule has 0 spiro atoms. The minimum absolute atomic E-state index is 0.0105. The number of aryl methyl sites for hydroxylation is 1. The van der Waals surface area contributed by atoms with Crippen molar-refractivity contribution in [2.24, 2.45) is 0 Å². The summed E-state index contributed by atoms with van der Waals surface area (Å²) in [6, 6.07) is 7.28. The van der Waals surface area contributed by atoms with Crippen molar-refractivity contribution in [1.82, 2.24) is 15.2 Å². The highest BCUT2D eigenvalue weighted by Gasteiger charge is 2.22. The molecule has 2 amide bonds. The number of carbonyl (C=O) groups excluding carboxylic acids is 2. The Hall–Kier alpha value is -3.07. The van der Waals surface area contributed by atoms with Crippen LogP contribution in [-0.4, -0.2) is 67.6 Å². The molecule has 2 heterocycles. The number of anilines is 1. The first kappa shape index (κ1) is 24.6. The molecule has 0 bridgehead atoms. The van der Waals surface area contributed by atoms with E-state index in [1.54, 1.807) is 17.2 Å². The molecule has 33 heavy (non-hydrogen) atoms. The molecule has 0 unspecified atom stereocenters. The number of aromatic nitrogens is 1. The lowest BCUT2D eigenvalue weighted by atomic mass is 10.1. The topological polar surface area (TPSA) is 74.8 Å². The number of hydrogen-bond donors (Lipinski definition) is 1. The molecule has 1 aliphatic rings. The van der Waals surface area contributed by atoms with Crippen molar-refractivity contribution in [1.29, 1.82) is 0 Å². The summed E-state index contributed by atoms with van der Waals surface area (Å²) in [5, 5.41) is 2.85. The predicted octanol–water partition coefficient (Wildman–Crippen LogP) is 2.80. The van der Waals surface area contributed by atoms with Crippen LogP contribution in [0.25, 0.3) is 0 Å². The molecule has 1 aromatic heterocycles. The van der Waals surface area contributed by atoms with Crippen molar-refractivity contribution >= 4 is 17.6 Å². The van der Waals surface area contributed by atoms with Crippen LogP contribution in [0.4, 0.5) is 14.6 Å². The predicted molar refractivity (Wildman–Crippen MR) is 121 cm³/mol. The molecule has 1 aromatic carbocycles. The van der Waals surface area contributed by atoms with Crippen molar-refractivity contribution in [3.8, 4) is 0 Å². The largest absolute Gasteiger partial charge is 0.382 e. The Bertz CT molecular complexity index is 932. The van der Waals surface area contributed by atoms with E-state index in [2.05, 4.69) is 15.2 Å². The number of hydrogen-bond acceptors (Lipinski definition) is 5. The van der Waals surface area contributed by atoms with Crippen molar-refractivity contribution in [3.05, 3.63) is 59.3 Å². The number of rotatable bonds is 10. The van der Waals surface area contributed by atoms with Gasteiger partial charge in [0.25, 0.3) is 5.91 Å². The number of piperazine rings is 1. The van der Waals surface area contributed by atoms with Crippen LogP contribution in [0.3, 0.4) is 0 Å². The van der Waals surface area contributed by atoms with Crippen molar-refractivity contribution in [2.45, 2.75) is 26.2 Å². The third-order valence-electron chi connectivity index (χ3n) is 5.53. The maximum atomic E-state index is 13.3. The lowest BCUT2D eigenvalue weighted by molar-refractivity contribution is -0.131. The lowest BCUT2D eigenvalue weighted by Crippen LogP contribution is -2.49. The smallest absolute Gasteiger partial charge is 0.252 e. The van der Waals surface area contributed by atoms with E-state index < -0.39 is 11.6 Å². The van der Waals surface area contributed by atoms with E-state index in [-0.39, 0.29) is 18.2 Å². The highest BCUT2D eigenvalue weighted by atomic mass is 19.2. The lowest BCUT2D eigenvalue weighted by Gasteiger charge is -2.35. The van der Waals surface area contributed by atoms with Gasteiger partial charge in [-0.25, -0.2) is 13.8 Å². The molecular formula is C24H30F2N4O3. The highest BCUT2D eigenvalue weighted by Crippen LogP contribution is 2.16. The molecule has 9 heteroatoms. The molecule has 0 saturated carbocycles. The van der Waals surface area contributed by atoms with Crippen LogP contribution in [0, 0.1) is 11.6 Å². The first-order valence-electron chi connectivity index (χ1n) is 11.3. The third-order valence-corrected chi connectivity index (χ3v) is 5.53. The molecule has 0 atom stereocenters. The van der Waals surface area contributed by atoms with Crippen LogP contribution in [-0.2, 0) is 16.0 Å². The van der Waals surface area contributed by atoms with Gasteiger partial charge in [-0.3, -0.25) is 9.59 Å². The van der Waals surface area contributed by atoms with Gasteiger partial charge in [0.2, 0.25) is 5.91 Å². The van der Waals surface area contributed by atoms with Crippen LogP contribution < -0.4 is 10.2 Å². The van der Waals surface area contributed by atoms with Crippen LogP contribution in [0.2, 0.25) is 0 Å². The fraction of sp³-hybridized carbons (Fsp3) is 0.458. The summed E-state index contributed by atoms with van der Waals surface area (Å²) in [6.45, 7) is 6.14. The van der Waals surface area contributed by atoms with Gasteiger partial charge in [-0.15, -0.1) is 0 Å². The highest BCUT2D eigenvalue weighted by molar-refractivity contribution is 5.94. The van der Waals surface area contributed by atoms with Crippen LogP contribution in [0.15, 0.2) is 36.5 Å². The van der Waals surface area contributed by atoms with Gasteiger partial charge in [-0.05, 0) is 49.6 Å². The van der Waals surface area contributed by atoms with Crippen LogP contribution >= 0.6 is 0 Å². The van der Waals surface area contributed by atoms with E-state index in [1.165, 1.54) is 6.07 Å². The average Bonchev–Trinajstić information content (AvgIpc) is 2.84. The maximum Gasteiger partial charge on any atom is 0.252 e. The van der Waals surface area contributed by atoms with Gasteiger partial charge >= 0.3 is 0 Å². The number of carbonyl (C=O) groups is 2. The van der Waals surface area contributed by atoms with E-state index in [9.17, 15) is 18.4 Å². The Labute approximate surface area is 192 Å². The van der Waals surface area contributed by atoms with E-state index >= 15 is 0 Å². The summed E-state index contributed by atoms with van der Waals surface area (Å²) in [7, 11) is 0. The Morgan fingerprint density at radius 3 is 2.55 bits per heavy atom. The quantitative estimate of drug-likeness (QED) is 0.552. The minimum atomic E-state index is -0.897. The number of nitrogens with one attached hydrogen (secondary N) is 1. The van der Waals surface area contributed by atoms with E-state index in [4.69, 9.17) is 4.74 Å². The average molecular weight is 461 g/mol. The maximum absolute atomic E-state index is 13.3. The second-order valence-corrected chi connectivity index (χ2v) is 7.83. The first-order chi connectivity index (χ1) is 16.0. The number of benzene rings is 1. The molecule has 178 valence electrons. The summed E-state index contributed by atoms with van der Waals surface area (Å²) >= 11 is 0. The number of nitrogens with zero attached hydrogens (tertiary/aromatic N) is 3. The molecule has 7 nitrogen and oxygen atoms in total. The van der Waals surface area contributed by atoms with Crippen molar-refractivity contribution in [3.63, 3.8) is 0 Å². The molecule has 1 N–H and O–H groups in total. The molecule has 3 rings (SSSR count). The standard InChI is InChI=1S/C24H30F2N4O3/c1-2-33-15-3-10-27-24(32)19-6-8-22(28-17-19)29-11-13-30(14-12-29)23(31)9-5-18-4-7-20(25)21(26)16-18/h4,6-8,16-17H,2-3,5,9-15H2,1H3,(H,27,32). The Kier molecular flexibility index (Phi) is 9.12. The summed E-state index contributed by atoms with van der Waals surface area (Å²) in [4.78, 5) is 33.0. The molecular weight excluding hydrogens is 430 g/mol. The zero-order valence-corrected chi connectivity index (χ0v) is 18.9. The van der Waals surface area contributed by atoms with Gasteiger partial charge < -0.3 is 19.9 Å². The fourth-order valence-electron chi connectivity index (χ4n) is 3.62. The van der Waals surface area contributed by atoms with Gasteiger partial charge in [-0.2, -0.15) is 0 Å². The van der Waals surface area contributed by atoms with Gasteiger partial charge in [0, 0.05) is 58.6 Å². The van der Waals surface area contributed by atoms with Crippen LogP contribution in [0.5, 0.6) is 0 Å². The molecule has 1 fully saturated rings. The summed E-state index contributed by atoms with van der Waals surface area (Å²) < 4.78 is 31.6. The van der Waals surface area contributed by atoms with Gasteiger partial charge in [0.05, 0.1) is 5.56 Å². The zero-order chi connectivity index (χ0) is 23.6. The minimum Gasteiger partial charge on any atom is -0.382 e. The monoisotopic (exact) mass is 460 g/mol. The second kappa shape index (κ2) is 12.2. The molecule has 1 aliphatic heterocycles. The number of ether oxygens (including phenoxy) is 1. The Morgan fingerprint density at radius 1 is 1.09 bits per heavy atom. The summed E-state index contributed by atoms with van der Waals surface area (Å²) in [6.07, 6.45) is 2.94. The molecule has 2 aromatic rings. The fourth-order valence-corrected chi connectivity index (χ4v) is 3.62. The van der Waals surface area contributed by atoms with E-state index in [1.807, 2.05) is 13.0 Å². The SMILES string of the molecule is CCOCCCNC(=O)c1ccc(N2CCN(C(=O)CCc3ccc(F)c(F)c3)CC2)nc1. The van der Waals surface area contributed by atoms with E-state index in [0.29, 0.717) is 63.5 Å². The zero-order valence-electron chi connectivity index (χ0n) is 18.9. The second-order valence-electron chi connectivity index (χ2n) is 7.83. The number of amides is 2. The Morgan fingerprint density at radius 2 is 1.88 bits per heavy atom. The summed E-state index contributed by atoms with van der Waals surface area (Å²) in [5.41, 5.74) is 1.10. The summed E-state index contributed by atoms with van der Waals surface area (Å²) in [5.74, 6) is -1.20. The van der Waals surface area contributed by atoms with Crippen molar-refractivity contribution < 1.29 is 23.1 Å². The normalized spacial score (nSPS) is 13.8. The van der Waals surface area contributed by atoms with Crippen LogP contribution in [0.1, 0.15) is 35.7 Å². The van der Waals surface area contributed by atoms with Gasteiger partial charge in [0.1, 0.15) is 5.82 Å². The Balaban J connectivity index is 1.42. The third kappa shape index (κ3) is 7.21. The van der Waals surface area contributed by atoms with E-state index in [0.717, 1.165) is 24.4 Å². The molecule has 0 aliphatic carbocycles. The number of pyridine rings is 1.